The van der Waals surface area contributed by atoms with Crippen LogP contribution < -0.4 is 0 Å². The van der Waals surface area contributed by atoms with Crippen molar-refractivity contribution in [1.82, 2.24) is 10.2 Å². The maximum absolute atomic E-state index is 14.7. The van der Waals surface area contributed by atoms with Crippen molar-refractivity contribution in [2.45, 2.75) is 25.7 Å². The Kier molecular flexibility index (Phi) is 4.64. The summed E-state index contributed by atoms with van der Waals surface area (Å²) in [6.07, 6.45) is -6.64. The zero-order valence-electron chi connectivity index (χ0n) is 13.6. The first-order valence-electron chi connectivity index (χ1n) is 7.53. The predicted molar refractivity (Wildman–Crippen MR) is 86.9 cm³/mol. The highest BCUT2D eigenvalue weighted by Crippen LogP contribution is 2.41. The third-order valence-corrected chi connectivity index (χ3v) is 4.21. The summed E-state index contributed by atoms with van der Waals surface area (Å²) in [6.45, 7) is 1.63. The van der Waals surface area contributed by atoms with E-state index >= 15 is 0 Å². The molecule has 0 saturated carbocycles. The summed E-state index contributed by atoms with van der Waals surface area (Å²) in [5.41, 5.74) is -3.18. The fourth-order valence-corrected chi connectivity index (χ4v) is 2.99. The van der Waals surface area contributed by atoms with E-state index < -0.39 is 47.1 Å². The molecule has 1 aromatic heterocycles. The van der Waals surface area contributed by atoms with Crippen molar-refractivity contribution in [3.8, 4) is 6.07 Å². The Balaban J connectivity index is 2.36. The highest BCUT2D eigenvalue weighted by atomic mass is 19.3. The van der Waals surface area contributed by atoms with Crippen molar-refractivity contribution in [3.05, 3.63) is 46.1 Å². The first-order valence-corrected chi connectivity index (χ1v) is 7.53. The molecule has 1 aliphatic heterocycles. The number of H-pyrrole nitrogens is 1. The van der Waals surface area contributed by atoms with Gasteiger partial charge in [-0.05, 0) is 18.9 Å². The van der Waals surface area contributed by atoms with Gasteiger partial charge in [0.15, 0.2) is 0 Å². The molecule has 0 fully saturated rings. The van der Waals surface area contributed by atoms with Crippen LogP contribution in [0.2, 0.25) is 0 Å². The molecule has 27 heavy (non-hydrogen) atoms. The lowest BCUT2D eigenvalue weighted by Gasteiger charge is -2.26. The molecule has 0 bridgehead atoms. The number of aromatic nitrogens is 2. The molecule has 2 heterocycles. The van der Waals surface area contributed by atoms with Crippen molar-refractivity contribution in [2.24, 2.45) is 4.99 Å². The highest BCUT2D eigenvalue weighted by molar-refractivity contribution is 6.12. The Bertz CT molecular complexity index is 1080. The summed E-state index contributed by atoms with van der Waals surface area (Å²) in [6, 6.07) is 3.74. The number of aliphatic imine (C=N–C) groups is 1. The third kappa shape index (κ3) is 2.92. The number of rotatable bonds is 3. The molecule has 0 aliphatic carbocycles. The van der Waals surface area contributed by atoms with Crippen molar-refractivity contribution >= 4 is 22.5 Å². The molecule has 0 amide bonds. The fourth-order valence-electron chi connectivity index (χ4n) is 2.99. The van der Waals surface area contributed by atoms with Gasteiger partial charge in [-0.25, -0.2) is 26.9 Å². The summed E-state index contributed by atoms with van der Waals surface area (Å²) in [7, 11) is 0. The van der Waals surface area contributed by atoms with Gasteiger partial charge in [-0.15, -0.1) is 0 Å². The van der Waals surface area contributed by atoms with Crippen molar-refractivity contribution in [1.29, 1.82) is 10.7 Å². The van der Waals surface area contributed by atoms with Gasteiger partial charge in [0.25, 0.3) is 12.9 Å². The van der Waals surface area contributed by atoms with Crippen molar-refractivity contribution < 1.29 is 22.0 Å². The monoisotopic (exact) mass is 379 g/mol. The lowest BCUT2D eigenvalue weighted by molar-refractivity contribution is 0.184. The highest BCUT2D eigenvalue weighted by Gasteiger charge is 2.39. The summed E-state index contributed by atoms with van der Waals surface area (Å²) in [5, 5.41) is 23.6. The van der Waals surface area contributed by atoms with E-state index in [1.54, 1.807) is 12.8 Å². The molecular weight excluding hydrogens is 369 g/mol. The standard InChI is InChI=1S/C17H10F5N5/c1-6-7-2-8(11(18)3-12(7)27-26-6)13-9(4-23)14(16(19)20)25-15(17(21)22)10(13)5-24/h2-3,13,16-17,23H,1H3,(H,26,27). The van der Waals surface area contributed by atoms with Crippen molar-refractivity contribution in [3.63, 3.8) is 0 Å². The number of allylic oxidation sites excluding steroid dienone is 3. The Morgan fingerprint density at radius 3 is 2.48 bits per heavy atom. The molecule has 1 aliphatic rings. The molecule has 1 unspecified atom stereocenters. The number of hydrogen-bond donors (Lipinski definition) is 2. The second kappa shape index (κ2) is 6.78. The number of benzene rings is 1. The predicted octanol–water partition coefficient (Wildman–Crippen LogP) is 4.03. The molecule has 1 aromatic carbocycles. The number of nitriles is 1. The smallest absolute Gasteiger partial charge is 0.281 e. The zero-order valence-corrected chi connectivity index (χ0v) is 13.6. The van der Waals surface area contributed by atoms with Gasteiger partial charge >= 0.3 is 0 Å². The average molecular weight is 379 g/mol. The lowest BCUT2D eigenvalue weighted by Crippen LogP contribution is -2.27. The number of aromatic amines is 1. The van der Waals surface area contributed by atoms with E-state index in [1.165, 1.54) is 12.1 Å². The molecule has 10 heteroatoms. The SMILES string of the molecule is Cc1[nH]nc2cc(F)c(C3C(=C=N)C(C(F)F)=NC(C(F)F)=C3C#N)cc12. The van der Waals surface area contributed by atoms with Crippen LogP contribution in [0.3, 0.4) is 0 Å². The Hall–Kier alpha value is -3.31. The van der Waals surface area contributed by atoms with Gasteiger partial charge in [0, 0.05) is 22.7 Å². The number of nitrogens with one attached hydrogen (secondary N) is 2. The number of alkyl halides is 4. The maximum Gasteiger partial charge on any atom is 0.281 e. The molecule has 0 saturated heterocycles. The summed E-state index contributed by atoms with van der Waals surface area (Å²) < 4.78 is 68.1. The van der Waals surface area contributed by atoms with Gasteiger partial charge < -0.3 is 0 Å². The second-order valence-corrected chi connectivity index (χ2v) is 5.72. The van der Waals surface area contributed by atoms with Gasteiger partial charge in [0.05, 0.1) is 28.7 Å². The summed E-state index contributed by atoms with van der Waals surface area (Å²) >= 11 is 0. The minimum atomic E-state index is -3.33. The average Bonchev–Trinajstić information content (AvgIpc) is 2.98. The quantitative estimate of drug-likeness (QED) is 0.623. The van der Waals surface area contributed by atoms with Crippen LogP contribution in [0.4, 0.5) is 22.0 Å². The van der Waals surface area contributed by atoms with Crippen molar-refractivity contribution in [2.75, 3.05) is 0 Å². The minimum Gasteiger partial charge on any atom is -0.282 e. The second-order valence-electron chi connectivity index (χ2n) is 5.72. The summed E-state index contributed by atoms with van der Waals surface area (Å²) in [5.74, 6) is -0.870. The van der Waals surface area contributed by atoms with E-state index in [9.17, 15) is 27.2 Å². The van der Waals surface area contributed by atoms with Gasteiger partial charge in [0.1, 0.15) is 17.2 Å². The normalized spacial score (nSPS) is 17.5. The molecule has 1 atom stereocenters. The number of nitrogens with zero attached hydrogens (tertiary/aromatic N) is 3. The van der Waals surface area contributed by atoms with Gasteiger partial charge in [-0.3, -0.25) is 10.5 Å². The van der Waals surface area contributed by atoms with E-state index in [1.807, 2.05) is 0 Å². The van der Waals surface area contributed by atoms with Gasteiger partial charge in [0.2, 0.25) is 0 Å². The Morgan fingerprint density at radius 1 is 1.22 bits per heavy atom. The lowest BCUT2D eigenvalue weighted by atomic mass is 9.80. The number of hydrogen-bond acceptors (Lipinski definition) is 4. The van der Waals surface area contributed by atoms with Gasteiger partial charge in [-0.2, -0.15) is 10.4 Å². The first-order chi connectivity index (χ1) is 12.8. The topological polar surface area (TPSA) is 88.7 Å². The molecule has 0 spiro atoms. The number of aryl methyl sites for hydroxylation is 1. The van der Waals surface area contributed by atoms with Gasteiger partial charge in [-0.1, -0.05) is 0 Å². The van der Waals surface area contributed by atoms with Crippen LogP contribution >= 0.6 is 0 Å². The molecule has 3 rings (SSSR count). The Labute approximate surface area is 149 Å². The summed E-state index contributed by atoms with van der Waals surface area (Å²) in [4.78, 5) is 3.17. The van der Waals surface area contributed by atoms with E-state index in [2.05, 4.69) is 15.2 Å². The Morgan fingerprint density at radius 2 is 1.93 bits per heavy atom. The van der Waals surface area contributed by atoms with E-state index in [4.69, 9.17) is 5.41 Å². The third-order valence-electron chi connectivity index (χ3n) is 4.21. The number of halogens is 5. The largest absolute Gasteiger partial charge is 0.282 e. The van der Waals surface area contributed by atoms with Crippen LogP contribution in [0.1, 0.15) is 17.2 Å². The fraction of sp³-hybridized carbons (Fsp3) is 0.235. The van der Waals surface area contributed by atoms with Crippen LogP contribution in [-0.4, -0.2) is 34.6 Å². The maximum atomic E-state index is 14.7. The molecular formula is C17H10F5N5. The minimum absolute atomic E-state index is 0.240. The molecule has 5 nitrogen and oxygen atoms in total. The van der Waals surface area contributed by atoms with E-state index in [0.29, 0.717) is 11.1 Å². The van der Waals surface area contributed by atoms with E-state index in [-0.39, 0.29) is 11.1 Å². The first kappa shape index (κ1) is 18.5. The van der Waals surface area contributed by atoms with Crippen LogP contribution in [0, 0.1) is 29.5 Å². The number of fused-ring (bicyclic) bond motifs is 1. The molecule has 2 N–H and O–H groups in total. The van der Waals surface area contributed by atoms with E-state index in [0.717, 1.165) is 6.07 Å². The van der Waals surface area contributed by atoms with Crippen LogP contribution in [0.5, 0.6) is 0 Å². The van der Waals surface area contributed by atoms with Crippen LogP contribution in [-0.2, 0) is 0 Å². The zero-order chi connectivity index (χ0) is 19.9. The molecule has 138 valence electrons. The molecule has 0 radical (unpaired) electrons. The van der Waals surface area contributed by atoms with Crippen LogP contribution in [0.25, 0.3) is 10.9 Å². The molecule has 2 aromatic rings. The van der Waals surface area contributed by atoms with Crippen LogP contribution in [0.15, 0.2) is 34.0 Å².